The highest BCUT2D eigenvalue weighted by Crippen LogP contribution is 2.37. The topological polar surface area (TPSA) is 37.4 Å². The number of rotatable bonds is 4. The third-order valence-electron chi connectivity index (χ3n) is 3.08. The molecule has 0 fully saturated rings. The predicted octanol–water partition coefficient (Wildman–Crippen LogP) is 4.55. The van der Waals surface area contributed by atoms with Gasteiger partial charge < -0.3 is 0 Å². The lowest BCUT2D eigenvalue weighted by atomic mass is 10.1. The number of halogens is 2. The van der Waals surface area contributed by atoms with Crippen molar-refractivity contribution in [3.63, 3.8) is 0 Å². The Balaban J connectivity index is 2.34. The van der Waals surface area contributed by atoms with Crippen molar-refractivity contribution in [1.82, 2.24) is 4.31 Å². The van der Waals surface area contributed by atoms with Gasteiger partial charge in [-0.05, 0) is 34.5 Å². The van der Waals surface area contributed by atoms with Gasteiger partial charge in [-0.25, -0.2) is 8.42 Å². The van der Waals surface area contributed by atoms with Crippen molar-refractivity contribution in [2.45, 2.75) is 17.2 Å². The molecule has 0 amide bonds. The summed E-state index contributed by atoms with van der Waals surface area (Å²) < 4.78 is 27.4. The number of hydrogen-bond donors (Lipinski definition) is 0. The Kier molecular flexibility index (Phi) is 4.92. The van der Waals surface area contributed by atoms with Crippen LogP contribution in [-0.2, 0) is 10.0 Å². The van der Waals surface area contributed by atoms with Crippen LogP contribution in [0.4, 0.5) is 0 Å². The minimum absolute atomic E-state index is 0.236. The molecule has 20 heavy (non-hydrogen) atoms. The first kappa shape index (κ1) is 16.0. The average molecular weight is 395 g/mol. The molecule has 0 aliphatic heterocycles. The Morgan fingerprint density at radius 2 is 1.90 bits per heavy atom. The van der Waals surface area contributed by atoms with E-state index in [1.54, 1.807) is 7.05 Å². The maximum Gasteiger partial charge on any atom is 0.252 e. The molecule has 0 bridgehead atoms. The average Bonchev–Trinajstić information content (AvgIpc) is 2.78. The maximum absolute atomic E-state index is 12.6. The number of benzene rings is 1. The zero-order valence-electron chi connectivity index (χ0n) is 10.9. The summed E-state index contributed by atoms with van der Waals surface area (Å²) in [6.07, 6.45) is 0. The van der Waals surface area contributed by atoms with Crippen molar-refractivity contribution in [2.24, 2.45) is 0 Å². The lowest BCUT2D eigenvalue weighted by molar-refractivity contribution is 0.399. The standard InChI is InChI=1S/C13H13BrClNO2S2/c1-9(10-6-4-3-5-7-10)16(2)20(17,18)12-8-11(15)13(14)19-12/h3-9H,1-2H3. The zero-order valence-corrected chi connectivity index (χ0v) is 14.9. The summed E-state index contributed by atoms with van der Waals surface area (Å²) in [7, 11) is -1.97. The van der Waals surface area contributed by atoms with E-state index in [4.69, 9.17) is 11.6 Å². The van der Waals surface area contributed by atoms with Gasteiger partial charge in [-0.15, -0.1) is 11.3 Å². The molecule has 1 aromatic carbocycles. The van der Waals surface area contributed by atoms with E-state index in [2.05, 4.69) is 15.9 Å². The first-order valence-corrected chi connectivity index (χ1v) is 9.24. The van der Waals surface area contributed by atoms with Crippen LogP contribution in [0.25, 0.3) is 0 Å². The smallest absolute Gasteiger partial charge is 0.206 e. The number of nitrogens with zero attached hydrogens (tertiary/aromatic N) is 1. The summed E-state index contributed by atoms with van der Waals surface area (Å²) in [6.45, 7) is 1.86. The van der Waals surface area contributed by atoms with E-state index in [9.17, 15) is 8.42 Å². The summed E-state index contributed by atoms with van der Waals surface area (Å²) in [5.74, 6) is 0. The van der Waals surface area contributed by atoms with Crippen LogP contribution in [0.2, 0.25) is 5.02 Å². The molecular formula is C13H13BrClNO2S2. The highest BCUT2D eigenvalue weighted by molar-refractivity contribution is 9.11. The van der Waals surface area contributed by atoms with Crippen LogP contribution in [0, 0.1) is 0 Å². The molecule has 7 heteroatoms. The predicted molar refractivity (Wildman–Crippen MR) is 86.8 cm³/mol. The molecule has 0 spiro atoms. The molecule has 0 aliphatic carbocycles. The Morgan fingerprint density at radius 1 is 1.30 bits per heavy atom. The summed E-state index contributed by atoms with van der Waals surface area (Å²) in [5, 5.41) is 0.411. The van der Waals surface area contributed by atoms with E-state index in [-0.39, 0.29) is 10.3 Å². The van der Waals surface area contributed by atoms with Gasteiger partial charge >= 0.3 is 0 Å². The van der Waals surface area contributed by atoms with Gasteiger partial charge in [0.2, 0.25) is 0 Å². The molecule has 1 aromatic heterocycles. The van der Waals surface area contributed by atoms with E-state index in [1.165, 1.54) is 10.4 Å². The van der Waals surface area contributed by atoms with E-state index in [1.807, 2.05) is 37.3 Å². The largest absolute Gasteiger partial charge is 0.252 e. The molecule has 0 N–H and O–H groups in total. The third kappa shape index (κ3) is 3.09. The minimum atomic E-state index is -3.55. The summed E-state index contributed by atoms with van der Waals surface area (Å²) >= 11 is 10.3. The van der Waals surface area contributed by atoms with Gasteiger partial charge in [0, 0.05) is 13.1 Å². The van der Waals surface area contributed by atoms with Crippen LogP contribution in [0.3, 0.4) is 0 Å². The van der Waals surface area contributed by atoms with Gasteiger partial charge in [0.05, 0.1) is 8.81 Å². The van der Waals surface area contributed by atoms with Gasteiger partial charge in [0.15, 0.2) is 0 Å². The molecule has 108 valence electrons. The van der Waals surface area contributed by atoms with Crippen molar-refractivity contribution < 1.29 is 8.42 Å². The van der Waals surface area contributed by atoms with E-state index in [0.717, 1.165) is 16.9 Å². The normalized spacial score (nSPS) is 13.7. The molecule has 0 saturated carbocycles. The SMILES string of the molecule is CC(c1ccccc1)N(C)S(=O)(=O)c1cc(Cl)c(Br)s1. The number of thiophene rings is 1. The number of hydrogen-bond acceptors (Lipinski definition) is 3. The van der Waals surface area contributed by atoms with Gasteiger partial charge in [-0.3, -0.25) is 0 Å². The molecule has 2 rings (SSSR count). The molecule has 0 saturated heterocycles. The monoisotopic (exact) mass is 393 g/mol. The Bertz CT molecular complexity index is 681. The second kappa shape index (κ2) is 6.15. The molecule has 1 unspecified atom stereocenters. The van der Waals surface area contributed by atoms with Crippen LogP contribution < -0.4 is 0 Å². The fourth-order valence-corrected chi connectivity index (χ4v) is 5.68. The first-order chi connectivity index (χ1) is 9.34. The van der Waals surface area contributed by atoms with Gasteiger partial charge in [-0.2, -0.15) is 4.31 Å². The van der Waals surface area contributed by atoms with Crippen LogP contribution in [0.15, 0.2) is 44.4 Å². The Morgan fingerprint density at radius 3 is 2.40 bits per heavy atom. The molecule has 2 aromatic rings. The fourth-order valence-electron chi connectivity index (χ4n) is 1.75. The number of sulfonamides is 1. The zero-order chi connectivity index (χ0) is 14.9. The van der Waals surface area contributed by atoms with Crippen LogP contribution in [-0.4, -0.2) is 19.8 Å². The molecule has 1 atom stereocenters. The lowest BCUT2D eigenvalue weighted by Crippen LogP contribution is -2.29. The molecule has 3 nitrogen and oxygen atoms in total. The second-order valence-corrected chi connectivity index (χ2v) is 9.30. The summed E-state index contributed by atoms with van der Waals surface area (Å²) in [4.78, 5) is 0. The molecular weight excluding hydrogens is 382 g/mol. The van der Waals surface area contributed by atoms with Crippen molar-refractivity contribution in [2.75, 3.05) is 7.05 Å². The lowest BCUT2D eigenvalue weighted by Gasteiger charge is -2.23. The van der Waals surface area contributed by atoms with Gasteiger partial charge in [0.1, 0.15) is 4.21 Å². The van der Waals surface area contributed by atoms with Crippen molar-refractivity contribution in [3.8, 4) is 0 Å². The van der Waals surface area contributed by atoms with Crippen LogP contribution >= 0.6 is 38.9 Å². The van der Waals surface area contributed by atoms with Gasteiger partial charge in [0.25, 0.3) is 10.0 Å². The second-order valence-electron chi connectivity index (χ2n) is 4.29. The third-order valence-corrected chi connectivity index (χ3v) is 7.94. The Labute approximate surface area is 136 Å². The quantitative estimate of drug-likeness (QED) is 0.763. The molecule has 0 radical (unpaired) electrons. The maximum atomic E-state index is 12.6. The van der Waals surface area contributed by atoms with E-state index < -0.39 is 10.0 Å². The van der Waals surface area contributed by atoms with Crippen molar-refractivity contribution in [3.05, 3.63) is 50.8 Å². The molecule has 1 heterocycles. The van der Waals surface area contributed by atoms with Crippen LogP contribution in [0.5, 0.6) is 0 Å². The fraction of sp³-hybridized carbons (Fsp3) is 0.231. The van der Waals surface area contributed by atoms with Crippen molar-refractivity contribution >= 4 is 48.9 Å². The summed E-state index contributed by atoms with van der Waals surface area (Å²) in [6, 6.07) is 10.7. The minimum Gasteiger partial charge on any atom is -0.206 e. The van der Waals surface area contributed by atoms with Gasteiger partial charge in [-0.1, -0.05) is 41.9 Å². The highest BCUT2D eigenvalue weighted by atomic mass is 79.9. The Hall–Kier alpha value is -0.400. The highest BCUT2D eigenvalue weighted by Gasteiger charge is 2.28. The first-order valence-electron chi connectivity index (χ1n) is 5.82. The molecule has 0 aliphatic rings. The van der Waals surface area contributed by atoms with Crippen molar-refractivity contribution in [1.29, 1.82) is 0 Å². The van der Waals surface area contributed by atoms with E-state index in [0.29, 0.717) is 8.81 Å². The van der Waals surface area contributed by atoms with Crippen LogP contribution in [0.1, 0.15) is 18.5 Å². The van der Waals surface area contributed by atoms with E-state index >= 15 is 0 Å². The summed E-state index contributed by atoms with van der Waals surface area (Å²) in [5.41, 5.74) is 0.945.